The summed E-state index contributed by atoms with van der Waals surface area (Å²) < 4.78 is 1.43. The summed E-state index contributed by atoms with van der Waals surface area (Å²) in [6.45, 7) is 3.21. The third-order valence-corrected chi connectivity index (χ3v) is 3.10. The molecule has 0 fully saturated rings. The summed E-state index contributed by atoms with van der Waals surface area (Å²) >= 11 is 0. The first-order valence-corrected chi connectivity index (χ1v) is 6.54. The predicted molar refractivity (Wildman–Crippen MR) is 80.5 cm³/mol. The second kappa shape index (κ2) is 6.17. The summed E-state index contributed by atoms with van der Waals surface area (Å²) in [5.74, 6) is -0.318. The highest BCUT2D eigenvalue weighted by atomic mass is 16.1. The minimum atomic E-state index is -0.196. The van der Waals surface area contributed by atoms with Gasteiger partial charge in [0.1, 0.15) is 0 Å². The zero-order valence-electron chi connectivity index (χ0n) is 11.9. The molecule has 108 valence electrons. The molecule has 0 aliphatic carbocycles. The van der Waals surface area contributed by atoms with Gasteiger partial charge in [0.15, 0.2) is 5.78 Å². The molecule has 0 aliphatic heterocycles. The molecule has 21 heavy (non-hydrogen) atoms. The minimum absolute atomic E-state index is 0.00495. The number of amides is 1. The van der Waals surface area contributed by atoms with Crippen LogP contribution in [-0.4, -0.2) is 16.3 Å². The fourth-order valence-electron chi connectivity index (χ4n) is 2.00. The van der Waals surface area contributed by atoms with Crippen molar-refractivity contribution in [2.75, 3.05) is 5.32 Å². The molecule has 0 radical (unpaired) electrons. The Balaban J connectivity index is 2.17. The number of Topliss-reactive ketones (excluding diaryl/α,β-unsaturated/α-hetero) is 1. The molecule has 1 heterocycles. The highest BCUT2D eigenvalue weighted by Crippen LogP contribution is 2.11. The molecule has 1 N–H and O–H groups in total. The number of nitrogens with one attached hydrogen (secondary N) is 1. The predicted octanol–water partition coefficient (Wildman–Crippen LogP) is 2.00. The molecular weight excluding hydrogens is 268 g/mol. The van der Waals surface area contributed by atoms with Crippen LogP contribution >= 0.6 is 0 Å². The van der Waals surface area contributed by atoms with Crippen molar-refractivity contribution in [3.05, 3.63) is 64.1 Å². The van der Waals surface area contributed by atoms with Gasteiger partial charge in [-0.3, -0.25) is 14.4 Å². The first-order valence-electron chi connectivity index (χ1n) is 6.54. The number of pyridine rings is 1. The Kier molecular flexibility index (Phi) is 4.33. The molecule has 1 aromatic heterocycles. The van der Waals surface area contributed by atoms with Crippen LogP contribution < -0.4 is 10.9 Å². The van der Waals surface area contributed by atoms with Crippen LogP contribution in [0.25, 0.3) is 0 Å². The Morgan fingerprint density at radius 2 is 1.76 bits per heavy atom. The highest BCUT2D eigenvalue weighted by molar-refractivity contribution is 5.97. The average Bonchev–Trinajstić information content (AvgIpc) is 2.43. The summed E-state index contributed by atoms with van der Waals surface area (Å²) in [5.41, 5.74) is 1.68. The van der Waals surface area contributed by atoms with Crippen molar-refractivity contribution in [2.24, 2.45) is 0 Å². The first-order chi connectivity index (χ1) is 9.97. The van der Waals surface area contributed by atoms with E-state index in [1.54, 1.807) is 43.3 Å². The molecule has 1 amide bonds. The van der Waals surface area contributed by atoms with Gasteiger partial charge in [-0.1, -0.05) is 6.07 Å². The van der Waals surface area contributed by atoms with Gasteiger partial charge in [-0.05, 0) is 37.3 Å². The number of benzene rings is 1. The van der Waals surface area contributed by atoms with Crippen LogP contribution in [0.2, 0.25) is 0 Å². The van der Waals surface area contributed by atoms with Gasteiger partial charge >= 0.3 is 0 Å². The molecule has 5 nitrogen and oxygen atoms in total. The summed E-state index contributed by atoms with van der Waals surface area (Å²) in [6.07, 6.45) is 0. The van der Waals surface area contributed by atoms with Gasteiger partial charge in [0.2, 0.25) is 5.91 Å². The quantitative estimate of drug-likeness (QED) is 0.873. The zero-order chi connectivity index (χ0) is 15.4. The summed E-state index contributed by atoms with van der Waals surface area (Å²) in [6, 6.07) is 11.5. The number of aryl methyl sites for hydroxylation is 1. The molecule has 0 spiro atoms. The second-order valence-electron chi connectivity index (χ2n) is 4.77. The van der Waals surface area contributed by atoms with Gasteiger partial charge in [-0.2, -0.15) is 0 Å². The molecule has 0 unspecified atom stereocenters. The lowest BCUT2D eigenvalue weighted by atomic mass is 10.1. The molecule has 1 aromatic carbocycles. The molecule has 2 aromatic rings. The van der Waals surface area contributed by atoms with Gasteiger partial charge in [0.05, 0.1) is 6.54 Å². The molecule has 0 bridgehead atoms. The Morgan fingerprint density at radius 3 is 2.33 bits per heavy atom. The number of carbonyl (C=O) groups excluding carboxylic acids is 2. The lowest BCUT2D eigenvalue weighted by Crippen LogP contribution is -2.25. The van der Waals surface area contributed by atoms with E-state index in [-0.39, 0.29) is 23.8 Å². The summed E-state index contributed by atoms with van der Waals surface area (Å²) in [7, 11) is 0. The van der Waals surface area contributed by atoms with Gasteiger partial charge < -0.3 is 9.88 Å². The number of anilines is 1. The van der Waals surface area contributed by atoms with E-state index in [9.17, 15) is 14.4 Å². The van der Waals surface area contributed by atoms with Crippen LogP contribution in [-0.2, 0) is 11.3 Å². The topological polar surface area (TPSA) is 68.2 Å². The van der Waals surface area contributed by atoms with E-state index in [2.05, 4.69) is 5.32 Å². The molecule has 0 atom stereocenters. The van der Waals surface area contributed by atoms with E-state index in [0.29, 0.717) is 11.3 Å². The van der Waals surface area contributed by atoms with Gasteiger partial charge in [-0.25, -0.2) is 0 Å². The van der Waals surface area contributed by atoms with Crippen LogP contribution in [0.3, 0.4) is 0 Å². The van der Waals surface area contributed by atoms with Crippen LogP contribution in [0.1, 0.15) is 23.0 Å². The molecule has 5 heteroatoms. The molecule has 0 saturated heterocycles. The summed E-state index contributed by atoms with van der Waals surface area (Å²) in [5, 5.41) is 2.63. The Labute approximate surface area is 122 Å². The van der Waals surface area contributed by atoms with Crippen molar-refractivity contribution in [1.29, 1.82) is 0 Å². The van der Waals surface area contributed by atoms with Crippen molar-refractivity contribution in [1.82, 2.24) is 4.57 Å². The Bertz CT molecular complexity index is 730. The number of aromatic nitrogens is 1. The van der Waals surface area contributed by atoms with Gasteiger partial charge in [0, 0.05) is 29.9 Å². The first kappa shape index (κ1) is 14.7. The second-order valence-corrected chi connectivity index (χ2v) is 4.77. The molecule has 0 saturated carbocycles. The molecular formula is C16H16N2O3. The molecule has 0 aliphatic rings. The highest BCUT2D eigenvalue weighted by Gasteiger charge is 2.09. The number of hydrogen-bond acceptors (Lipinski definition) is 3. The number of rotatable bonds is 4. The van der Waals surface area contributed by atoms with Gasteiger partial charge in [0.25, 0.3) is 5.56 Å². The number of hydrogen-bond donors (Lipinski definition) is 1. The lowest BCUT2D eigenvalue weighted by Gasteiger charge is -2.09. The lowest BCUT2D eigenvalue weighted by molar-refractivity contribution is -0.114. The number of ketones is 1. The van der Waals surface area contributed by atoms with Crippen LogP contribution in [0, 0.1) is 6.92 Å². The smallest absolute Gasteiger partial charge is 0.251 e. The fraction of sp³-hybridized carbons (Fsp3) is 0.188. The van der Waals surface area contributed by atoms with Crippen molar-refractivity contribution in [3.8, 4) is 0 Å². The Hall–Kier alpha value is -2.69. The maximum Gasteiger partial charge on any atom is 0.251 e. The summed E-state index contributed by atoms with van der Waals surface area (Å²) in [4.78, 5) is 34.9. The zero-order valence-corrected chi connectivity index (χ0v) is 11.9. The van der Waals surface area contributed by atoms with Crippen LogP contribution in [0.15, 0.2) is 47.3 Å². The van der Waals surface area contributed by atoms with Crippen LogP contribution in [0.4, 0.5) is 5.69 Å². The fourth-order valence-corrected chi connectivity index (χ4v) is 2.00. The SMILES string of the molecule is CC(=O)Nc1ccc(C(=O)Cn2c(C)cccc2=O)cc1. The average molecular weight is 284 g/mol. The monoisotopic (exact) mass is 284 g/mol. The van der Waals surface area contributed by atoms with Crippen molar-refractivity contribution >= 4 is 17.4 Å². The standard InChI is InChI=1S/C16H16N2O3/c1-11-4-3-5-16(21)18(11)10-15(20)13-6-8-14(9-7-13)17-12(2)19/h3-9H,10H2,1-2H3,(H,17,19). The normalized spacial score (nSPS) is 10.2. The maximum atomic E-state index is 12.2. The maximum absolute atomic E-state index is 12.2. The third-order valence-electron chi connectivity index (χ3n) is 3.10. The van der Waals surface area contributed by atoms with Crippen molar-refractivity contribution < 1.29 is 9.59 Å². The van der Waals surface area contributed by atoms with Crippen molar-refractivity contribution in [2.45, 2.75) is 20.4 Å². The van der Waals surface area contributed by atoms with E-state index in [1.165, 1.54) is 17.6 Å². The minimum Gasteiger partial charge on any atom is -0.326 e. The third kappa shape index (κ3) is 3.66. The Morgan fingerprint density at radius 1 is 1.10 bits per heavy atom. The van der Waals surface area contributed by atoms with Gasteiger partial charge in [-0.15, -0.1) is 0 Å². The van der Waals surface area contributed by atoms with E-state index < -0.39 is 0 Å². The molecule has 2 rings (SSSR count). The van der Waals surface area contributed by atoms with Crippen molar-refractivity contribution in [3.63, 3.8) is 0 Å². The van der Waals surface area contributed by atoms with E-state index >= 15 is 0 Å². The van der Waals surface area contributed by atoms with E-state index in [0.717, 1.165) is 5.69 Å². The van der Waals surface area contributed by atoms with Crippen LogP contribution in [0.5, 0.6) is 0 Å². The number of nitrogens with zero attached hydrogens (tertiary/aromatic N) is 1. The largest absolute Gasteiger partial charge is 0.326 e. The number of carbonyl (C=O) groups is 2. The van der Waals surface area contributed by atoms with E-state index in [1.807, 2.05) is 0 Å². The van der Waals surface area contributed by atoms with E-state index in [4.69, 9.17) is 0 Å².